The fraction of sp³-hybridized carbons (Fsp3) is 0.182. The number of rotatable bonds is 7. The predicted octanol–water partition coefficient (Wildman–Crippen LogP) is -0.702. The van der Waals surface area contributed by atoms with E-state index < -0.39 is 56.4 Å². The number of carboxylic acid groups (broad SMARTS) is 2. The second-order valence-electron chi connectivity index (χ2n) is 4.23. The van der Waals surface area contributed by atoms with Gasteiger partial charge in [0.2, 0.25) is 15.9 Å². The van der Waals surface area contributed by atoms with Gasteiger partial charge in [-0.1, -0.05) is 11.6 Å². The number of carbonyl (C=O) groups excluding carboxylic acids is 1. The molecule has 0 saturated heterocycles. The molecule has 0 spiro atoms. The van der Waals surface area contributed by atoms with E-state index in [9.17, 15) is 22.8 Å². The van der Waals surface area contributed by atoms with Crippen LogP contribution >= 0.6 is 11.6 Å². The van der Waals surface area contributed by atoms with Crippen molar-refractivity contribution < 1.29 is 33.0 Å². The molecule has 10 nitrogen and oxygen atoms in total. The number of nitrogens with one attached hydrogen (secondary N) is 2. The predicted molar refractivity (Wildman–Crippen MR) is 78.9 cm³/mol. The third kappa shape index (κ3) is 5.49. The van der Waals surface area contributed by atoms with Gasteiger partial charge in [0.15, 0.2) is 0 Å². The van der Waals surface area contributed by atoms with Crippen LogP contribution in [0.2, 0.25) is 5.02 Å². The molecule has 6 N–H and O–H groups in total. The normalized spacial score (nSPS) is 11.0. The quantitative estimate of drug-likeness (QED) is 0.421. The summed E-state index contributed by atoms with van der Waals surface area (Å²) in [6, 6.07) is 1.72. The van der Waals surface area contributed by atoms with Crippen LogP contribution in [0, 0.1) is 0 Å². The number of benzene rings is 1. The molecule has 1 rings (SSSR count). The van der Waals surface area contributed by atoms with Crippen LogP contribution in [0.15, 0.2) is 17.0 Å². The molecular weight excluding hydrogens is 354 g/mol. The Hall–Kier alpha value is -2.21. The summed E-state index contributed by atoms with van der Waals surface area (Å²) in [4.78, 5) is 32.3. The van der Waals surface area contributed by atoms with Crippen molar-refractivity contribution in [2.75, 3.05) is 18.4 Å². The number of sulfonamides is 1. The number of aliphatic carboxylic acids is 1. The summed E-state index contributed by atoms with van der Waals surface area (Å²) in [5, 5.41) is 26.3. The van der Waals surface area contributed by atoms with E-state index in [1.54, 1.807) is 0 Å². The van der Waals surface area contributed by atoms with Crippen molar-refractivity contribution in [3.8, 4) is 0 Å². The van der Waals surface area contributed by atoms with Crippen molar-refractivity contribution in [2.24, 2.45) is 5.14 Å². The van der Waals surface area contributed by atoms with Gasteiger partial charge in [-0.2, -0.15) is 0 Å². The number of amides is 1. The van der Waals surface area contributed by atoms with Crippen LogP contribution in [-0.4, -0.2) is 49.6 Å². The zero-order chi connectivity index (χ0) is 17.8. The number of primary sulfonamides is 1. The van der Waals surface area contributed by atoms with Gasteiger partial charge in [0.1, 0.15) is 4.90 Å². The lowest BCUT2D eigenvalue weighted by Gasteiger charge is -2.11. The molecule has 0 aliphatic heterocycles. The number of anilines is 1. The summed E-state index contributed by atoms with van der Waals surface area (Å²) < 4.78 is 22.8. The van der Waals surface area contributed by atoms with Crippen molar-refractivity contribution in [1.29, 1.82) is 0 Å². The standard InChI is InChI=1S/C11H12ClN3O7S/c12-10-6(15-8(16)3-14-4-9(17)18)1-5(11(19)20)2-7(10)23(13,21)22/h1-2,14H,3-4H2,(H,15,16)(H,17,18)(H,19,20)(H2,13,21,22). The first-order valence-electron chi connectivity index (χ1n) is 5.84. The number of aromatic carboxylic acids is 1. The summed E-state index contributed by atoms with van der Waals surface area (Å²) in [6.45, 7) is -0.886. The van der Waals surface area contributed by atoms with Crippen molar-refractivity contribution in [3.05, 3.63) is 22.7 Å². The second-order valence-corrected chi connectivity index (χ2v) is 6.14. The molecule has 23 heavy (non-hydrogen) atoms. The van der Waals surface area contributed by atoms with Gasteiger partial charge in [-0.05, 0) is 12.1 Å². The summed E-state index contributed by atoms with van der Waals surface area (Å²) in [5.41, 5.74) is -0.732. The van der Waals surface area contributed by atoms with Gasteiger partial charge < -0.3 is 15.5 Å². The molecule has 0 aliphatic carbocycles. The van der Waals surface area contributed by atoms with E-state index in [2.05, 4.69) is 10.6 Å². The van der Waals surface area contributed by atoms with E-state index in [0.717, 1.165) is 12.1 Å². The summed E-state index contributed by atoms with van der Waals surface area (Å²) >= 11 is 5.82. The Morgan fingerprint density at radius 2 is 1.78 bits per heavy atom. The number of hydrogen-bond acceptors (Lipinski definition) is 6. The number of carbonyl (C=O) groups is 3. The Labute approximate surface area is 135 Å². The van der Waals surface area contributed by atoms with Crippen LogP contribution < -0.4 is 15.8 Å². The molecule has 0 unspecified atom stereocenters. The van der Waals surface area contributed by atoms with Crippen LogP contribution in [0.1, 0.15) is 10.4 Å². The van der Waals surface area contributed by atoms with Gasteiger partial charge >= 0.3 is 11.9 Å². The van der Waals surface area contributed by atoms with E-state index >= 15 is 0 Å². The topological polar surface area (TPSA) is 176 Å². The Kier molecular flexibility index (Phi) is 6.04. The average Bonchev–Trinajstić information content (AvgIpc) is 2.38. The van der Waals surface area contributed by atoms with Crippen LogP contribution in [0.3, 0.4) is 0 Å². The first kappa shape index (κ1) is 18.8. The molecule has 0 aromatic heterocycles. The van der Waals surface area contributed by atoms with E-state index in [0.29, 0.717) is 0 Å². The zero-order valence-electron chi connectivity index (χ0n) is 11.4. The largest absolute Gasteiger partial charge is 0.480 e. The fourth-order valence-electron chi connectivity index (χ4n) is 1.50. The van der Waals surface area contributed by atoms with Gasteiger partial charge in [-0.3, -0.25) is 14.9 Å². The Bertz CT molecular complexity index is 763. The lowest BCUT2D eigenvalue weighted by atomic mass is 10.2. The van der Waals surface area contributed by atoms with Crippen molar-refractivity contribution in [2.45, 2.75) is 4.90 Å². The molecule has 0 atom stereocenters. The summed E-state index contributed by atoms with van der Waals surface area (Å²) in [6.07, 6.45) is 0. The highest BCUT2D eigenvalue weighted by molar-refractivity contribution is 7.89. The Balaban J connectivity index is 3.10. The van der Waals surface area contributed by atoms with Gasteiger partial charge in [-0.15, -0.1) is 0 Å². The minimum absolute atomic E-state index is 0.280. The molecule has 126 valence electrons. The zero-order valence-corrected chi connectivity index (χ0v) is 12.9. The summed E-state index contributed by atoms with van der Waals surface area (Å²) in [7, 11) is -4.32. The molecule has 12 heteroatoms. The lowest BCUT2D eigenvalue weighted by molar-refractivity contribution is -0.135. The molecule has 0 fully saturated rings. The maximum absolute atomic E-state index is 11.6. The first-order valence-corrected chi connectivity index (χ1v) is 7.76. The van der Waals surface area contributed by atoms with Crippen LogP contribution in [0.5, 0.6) is 0 Å². The third-order valence-electron chi connectivity index (χ3n) is 2.43. The smallest absolute Gasteiger partial charge is 0.335 e. The number of hydrogen-bond donors (Lipinski definition) is 5. The van der Waals surface area contributed by atoms with Crippen molar-refractivity contribution >= 4 is 45.2 Å². The van der Waals surface area contributed by atoms with Gasteiger partial charge in [0.25, 0.3) is 0 Å². The van der Waals surface area contributed by atoms with Gasteiger partial charge in [0.05, 0.1) is 29.4 Å². The molecule has 0 radical (unpaired) electrons. The van der Waals surface area contributed by atoms with Crippen LogP contribution in [0.4, 0.5) is 5.69 Å². The second kappa shape index (κ2) is 7.37. The minimum atomic E-state index is -4.32. The first-order chi connectivity index (χ1) is 10.5. The summed E-state index contributed by atoms with van der Waals surface area (Å²) in [5.74, 6) is -3.39. The van der Waals surface area contributed by atoms with Crippen molar-refractivity contribution in [1.82, 2.24) is 5.32 Å². The molecular formula is C11H12ClN3O7S. The molecule has 1 aromatic rings. The molecule has 0 saturated carbocycles. The SMILES string of the molecule is NS(=O)(=O)c1cc(C(=O)O)cc(NC(=O)CNCC(=O)O)c1Cl. The maximum atomic E-state index is 11.6. The Morgan fingerprint density at radius 3 is 2.26 bits per heavy atom. The molecule has 0 heterocycles. The van der Waals surface area contributed by atoms with Crippen LogP contribution in [-0.2, 0) is 19.6 Å². The number of halogens is 1. The highest BCUT2D eigenvalue weighted by Crippen LogP contribution is 2.30. The lowest BCUT2D eigenvalue weighted by Crippen LogP contribution is -2.32. The Morgan fingerprint density at radius 1 is 1.17 bits per heavy atom. The highest BCUT2D eigenvalue weighted by atomic mass is 35.5. The monoisotopic (exact) mass is 365 g/mol. The van der Waals surface area contributed by atoms with E-state index in [4.69, 9.17) is 27.0 Å². The molecule has 1 aromatic carbocycles. The number of carboxylic acids is 2. The number of nitrogens with two attached hydrogens (primary N) is 1. The average molecular weight is 366 g/mol. The molecule has 1 amide bonds. The van der Waals surface area contributed by atoms with Gasteiger partial charge in [-0.25, -0.2) is 18.4 Å². The molecule has 0 bridgehead atoms. The fourth-order valence-corrected chi connectivity index (χ4v) is 2.63. The van der Waals surface area contributed by atoms with E-state index in [1.807, 2.05) is 0 Å². The molecule has 0 aliphatic rings. The maximum Gasteiger partial charge on any atom is 0.335 e. The van der Waals surface area contributed by atoms with E-state index in [1.165, 1.54) is 0 Å². The van der Waals surface area contributed by atoms with Crippen molar-refractivity contribution in [3.63, 3.8) is 0 Å². The van der Waals surface area contributed by atoms with Crippen LogP contribution in [0.25, 0.3) is 0 Å². The minimum Gasteiger partial charge on any atom is -0.480 e. The highest BCUT2D eigenvalue weighted by Gasteiger charge is 2.21. The third-order valence-corrected chi connectivity index (χ3v) is 3.88. The van der Waals surface area contributed by atoms with E-state index in [-0.39, 0.29) is 5.69 Å². The van der Waals surface area contributed by atoms with Gasteiger partial charge in [0, 0.05) is 0 Å².